The smallest absolute Gasteiger partial charge is 0.408 e. The lowest BCUT2D eigenvalue weighted by Gasteiger charge is -2.26. The maximum absolute atomic E-state index is 12.9. The van der Waals surface area contributed by atoms with E-state index in [2.05, 4.69) is 5.32 Å². The minimum atomic E-state index is -1.51. The molecule has 0 saturated heterocycles. The van der Waals surface area contributed by atoms with Gasteiger partial charge in [-0.1, -0.05) is 60.7 Å². The highest BCUT2D eigenvalue weighted by molar-refractivity contribution is 5.87. The normalized spacial score (nSPS) is 13.0. The summed E-state index contributed by atoms with van der Waals surface area (Å²) in [6.45, 7) is 5.00. The fraction of sp³-hybridized carbons (Fsp3) is 0.348. The number of hydrogen-bond donors (Lipinski definition) is 2. The highest BCUT2D eigenvalue weighted by Crippen LogP contribution is 2.18. The number of carboxylic acid groups (broad SMARTS) is 1. The van der Waals surface area contributed by atoms with E-state index in [1.807, 2.05) is 24.3 Å². The number of ether oxygens (including phenoxy) is 2. The molecule has 2 aromatic rings. The summed E-state index contributed by atoms with van der Waals surface area (Å²) in [4.78, 5) is 37.0. The van der Waals surface area contributed by atoms with Crippen LogP contribution in [0.15, 0.2) is 60.7 Å². The van der Waals surface area contributed by atoms with Crippen LogP contribution in [0.5, 0.6) is 0 Å². The van der Waals surface area contributed by atoms with E-state index in [0.717, 1.165) is 11.1 Å². The molecule has 2 N–H and O–H groups in total. The van der Waals surface area contributed by atoms with Gasteiger partial charge in [0.25, 0.3) is 0 Å². The van der Waals surface area contributed by atoms with Gasteiger partial charge >= 0.3 is 18.0 Å². The molecule has 0 bridgehead atoms. The number of carbonyl (C=O) groups is 3. The summed E-state index contributed by atoms with van der Waals surface area (Å²) in [5, 5.41) is 12.0. The fourth-order valence-corrected chi connectivity index (χ4v) is 2.81. The van der Waals surface area contributed by atoms with Gasteiger partial charge in [-0.15, -0.1) is 0 Å². The number of carboxylic acids is 1. The Bertz CT molecular complexity index is 845. The number of hydrogen-bond acceptors (Lipinski definition) is 5. The summed E-state index contributed by atoms with van der Waals surface area (Å²) in [5.41, 5.74) is 0.711. The molecule has 160 valence electrons. The molecule has 0 aliphatic rings. The van der Waals surface area contributed by atoms with Gasteiger partial charge in [0.05, 0.1) is 5.92 Å². The first-order valence-corrected chi connectivity index (χ1v) is 9.62. The van der Waals surface area contributed by atoms with Crippen molar-refractivity contribution in [3.63, 3.8) is 0 Å². The number of alkyl carbamates (subject to hydrolysis) is 1. The van der Waals surface area contributed by atoms with Crippen LogP contribution in [0.3, 0.4) is 0 Å². The summed E-state index contributed by atoms with van der Waals surface area (Å²) in [6, 6.07) is 16.5. The first-order chi connectivity index (χ1) is 14.2. The van der Waals surface area contributed by atoms with Crippen molar-refractivity contribution in [3.05, 3.63) is 71.8 Å². The van der Waals surface area contributed by atoms with Crippen LogP contribution in [-0.4, -0.2) is 34.8 Å². The second-order valence-corrected chi connectivity index (χ2v) is 7.85. The summed E-state index contributed by atoms with van der Waals surface area (Å²) in [5.74, 6) is -3.20. The van der Waals surface area contributed by atoms with Crippen molar-refractivity contribution < 1.29 is 29.0 Å². The Morgan fingerprint density at radius 3 is 1.97 bits per heavy atom. The van der Waals surface area contributed by atoms with Gasteiger partial charge in [0.2, 0.25) is 0 Å². The van der Waals surface area contributed by atoms with Crippen LogP contribution in [-0.2, 0) is 32.1 Å². The molecule has 0 saturated carbocycles. The average Bonchev–Trinajstić information content (AvgIpc) is 2.69. The van der Waals surface area contributed by atoms with Crippen molar-refractivity contribution in [3.8, 4) is 0 Å². The van der Waals surface area contributed by atoms with Gasteiger partial charge in [-0.25, -0.2) is 9.59 Å². The van der Waals surface area contributed by atoms with Gasteiger partial charge in [0.1, 0.15) is 18.2 Å². The summed E-state index contributed by atoms with van der Waals surface area (Å²) >= 11 is 0. The first-order valence-electron chi connectivity index (χ1n) is 9.62. The molecule has 2 rings (SSSR count). The van der Waals surface area contributed by atoms with Crippen LogP contribution in [0.2, 0.25) is 0 Å². The Morgan fingerprint density at radius 1 is 0.933 bits per heavy atom. The van der Waals surface area contributed by atoms with Crippen LogP contribution < -0.4 is 5.32 Å². The van der Waals surface area contributed by atoms with E-state index < -0.39 is 35.6 Å². The molecule has 0 unspecified atom stereocenters. The zero-order chi connectivity index (χ0) is 22.1. The molecule has 7 heteroatoms. The molecule has 0 spiro atoms. The Kier molecular flexibility index (Phi) is 7.98. The number of aliphatic carboxylic acids is 1. The highest BCUT2D eigenvalue weighted by Gasteiger charge is 2.37. The number of benzene rings is 2. The minimum absolute atomic E-state index is 0.00371. The SMILES string of the molecule is CC(C)(C)OC(=O)N[C@@H](C(=O)O)[C@H](Cc1ccccc1)C(=O)OCc1ccccc1. The van der Waals surface area contributed by atoms with Gasteiger partial charge in [-0.05, 0) is 38.3 Å². The zero-order valence-corrected chi connectivity index (χ0v) is 17.3. The predicted molar refractivity (Wildman–Crippen MR) is 111 cm³/mol. The average molecular weight is 413 g/mol. The Balaban J connectivity index is 2.21. The standard InChI is InChI=1S/C23H27NO6/c1-23(2,3)30-22(28)24-19(20(25)26)18(14-16-10-6-4-7-11-16)21(27)29-15-17-12-8-5-9-13-17/h4-13,18-19H,14-15H2,1-3H3,(H,24,28)(H,25,26)/t18-,19+/m0/s1. The lowest BCUT2D eigenvalue weighted by Crippen LogP contribution is -2.51. The Labute approximate surface area is 176 Å². The maximum Gasteiger partial charge on any atom is 0.408 e. The van der Waals surface area contributed by atoms with Crippen molar-refractivity contribution in [1.82, 2.24) is 5.32 Å². The van der Waals surface area contributed by atoms with Gasteiger partial charge in [-0.3, -0.25) is 4.79 Å². The van der Waals surface area contributed by atoms with Crippen molar-refractivity contribution in [2.75, 3.05) is 0 Å². The van der Waals surface area contributed by atoms with Crippen molar-refractivity contribution in [1.29, 1.82) is 0 Å². The van der Waals surface area contributed by atoms with Crippen LogP contribution in [0, 0.1) is 5.92 Å². The molecule has 2 atom stereocenters. The summed E-state index contributed by atoms with van der Waals surface area (Å²) in [6.07, 6.45) is -0.829. The molecular formula is C23H27NO6. The van der Waals surface area contributed by atoms with Crippen molar-refractivity contribution >= 4 is 18.0 Å². The number of carbonyl (C=O) groups excluding carboxylic acids is 2. The molecule has 0 heterocycles. The van der Waals surface area contributed by atoms with E-state index in [-0.39, 0.29) is 13.0 Å². The van der Waals surface area contributed by atoms with Crippen LogP contribution >= 0.6 is 0 Å². The van der Waals surface area contributed by atoms with E-state index in [9.17, 15) is 19.5 Å². The largest absolute Gasteiger partial charge is 0.480 e. The molecular weight excluding hydrogens is 386 g/mol. The molecule has 0 fully saturated rings. The van der Waals surface area contributed by atoms with Gasteiger partial charge in [0.15, 0.2) is 0 Å². The van der Waals surface area contributed by atoms with Gasteiger partial charge < -0.3 is 19.9 Å². The second kappa shape index (κ2) is 10.4. The number of nitrogens with one attached hydrogen (secondary N) is 1. The molecule has 0 aromatic heterocycles. The topological polar surface area (TPSA) is 102 Å². The van der Waals surface area contributed by atoms with E-state index in [1.54, 1.807) is 57.2 Å². The maximum atomic E-state index is 12.9. The number of amides is 1. The molecule has 0 aliphatic heterocycles. The zero-order valence-electron chi connectivity index (χ0n) is 17.3. The van der Waals surface area contributed by atoms with Gasteiger partial charge in [0, 0.05) is 0 Å². The van der Waals surface area contributed by atoms with Crippen LogP contribution in [0.4, 0.5) is 4.79 Å². The Morgan fingerprint density at radius 2 is 1.47 bits per heavy atom. The molecule has 0 aliphatic carbocycles. The van der Waals surface area contributed by atoms with E-state index >= 15 is 0 Å². The minimum Gasteiger partial charge on any atom is -0.480 e. The first kappa shape index (κ1) is 22.9. The lowest BCUT2D eigenvalue weighted by atomic mass is 9.92. The molecule has 7 nitrogen and oxygen atoms in total. The van der Waals surface area contributed by atoms with Crippen LogP contribution in [0.1, 0.15) is 31.9 Å². The molecule has 1 amide bonds. The third kappa shape index (κ3) is 7.58. The van der Waals surface area contributed by atoms with Gasteiger partial charge in [-0.2, -0.15) is 0 Å². The van der Waals surface area contributed by atoms with Crippen LogP contribution in [0.25, 0.3) is 0 Å². The molecule has 0 radical (unpaired) electrons. The number of esters is 1. The van der Waals surface area contributed by atoms with E-state index in [4.69, 9.17) is 9.47 Å². The third-order valence-electron chi connectivity index (χ3n) is 4.17. The fourth-order valence-electron chi connectivity index (χ4n) is 2.81. The lowest BCUT2D eigenvalue weighted by molar-refractivity contribution is -0.156. The monoisotopic (exact) mass is 413 g/mol. The Hall–Kier alpha value is -3.35. The third-order valence-corrected chi connectivity index (χ3v) is 4.17. The number of rotatable bonds is 8. The quantitative estimate of drug-likeness (QED) is 0.642. The molecule has 30 heavy (non-hydrogen) atoms. The van der Waals surface area contributed by atoms with E-state index in [0.29, 0.717) is 0 Å². The van der Waals surface area contributed by atoms with E-state index in [1.165, 1.54) is 0 Å². The summed E-state index contributed by atoms with van der Waals surface area (Å²) in [7, 11) is 0. The molecule has 2 aromatic carbocycles. The highest BCUT2D eigenvalue weighted by atomic mass is 16.6. The predicted octanol–water partition coefficient (Wildman–Crippen LogP) is 3.57. The summed E-state index contributed by atoms with van der Waals surface area (Å²) < 4.78 is 10.5. The van der Waals surface area contributed by atoms with Crippen molar-refractivity contribution in [2.45, 2.75) is 45.4 Å². The van der Waals surface area contributed by atoms with Crippen molar-refractivity contribution in [2.24, 2.45) is 5.92 Å². The second-order valence-electron chi connectivity index (χ2n) is 7.85.